The second kappa shape index (κ2) is 12.8. The monoisotopic (exact) mass is 646 g/mol. The standard InChI is InChI=1S/C13H9.C13H10.C12H11.2ClH.Zr/c1-3-7-12-10(5-1)9-11-6-2-4-8-13(11)12;1-3-7-12(8-4-1)11-13-9-5-2-6-10-13;1-10-7-8-12(9-10)11-5-3-2-4-6-11;;;/h1-5,7-8H,9H2;1-10H;2-6,8-10H,1H3;2*1H;/q;;;;;+2/p-2. The molecule has 41 heavy (non-hydrogen) atoms. The van der Waals surface area contributed by atoms with Crippen molar-refractivity contribution in [2.75, 3.05) is 0 Å². The van der Waals surface area contributed by atoms with Crippen LogP contribution < -0.4 is 28.1 Å². The smallest absolute Gasteiger partial charge is 1.00 e. The van der Waals surface area contributed by atoms with E-state index in [2.05, 4.69) is 153 Å². The first kappa shape index (κ1) is 29.4. The average molecular weight is 649 g/mol. The summed E-state index contributed by atoms with van der Waals surface area (Å²) in [4.78, 5) is 0. The number of hydrogen-bond donors (Lipinski definition) is 0. The molecule has 0 aliphatic heterocycles. The van der Waals surface area contributed by atoms with E-state index in [-0.39, 0.29) is 24.8 Å². The van der Waals surface area contributed by atoms with E-state index in [0.29, 0.717) is 5.92 Å². The molecule has 0 spiro atoms. The summed E-state index contributed by atoms with van der Waals surface area (Å²) in [5, 5.41) is 0. The second-order valence-corrected chi connectivity index (χ2v) is 16.3. The van der Waals surface area contributed by atoms with Crippen LogP contribution in [0.5, 0.6) is 0 Å². The summed E-state index contributed by atoms with van der Waals surface area (Å²) >= 11 is -2.72. The predicted octanol–water partition coefficient (Wildman–Crippen LogP) is 2.40. The Bertz CT molecular complexity index is 1730. The number of hydrogen-bond acceptors (Lipinski definition) is 0. The van der Waals surface area contributed by atoms with Gasteiger partial charge in [0, 0.05) is 0 Å². The Hall–Kier alpha value is -3.09. The summed E-state index contributed by atoms with van der Waals surface area (Å²) in [5.41, 5.74) is 11.3. The molecule has 0 N–H and O–H groups in total. The van der Waals surface area contributed by atoms with Gasteiger partial charge in [-0.2, -0.15) is 0 Å². The molecule has 0 saturated heterocycles. The van der Waals surface area contributed by atoms with Gasteiger partial charge in [-0.1, -0.05) is 0 Å². The van der Waals surface area contributed by atoms with E-state index in [1.54, 1.807) is 15.3 Å². The first-order valence-corrected chi connectivity index (χ1v) is 17.5. The molecule has 200 valence electrons. The third-order valence-electron chi connectivity index (χ3n) is 8.12. The van der Waals surface area contributed by atoms with Crippen molar-refractivity contribution >= 4 is 12.1 Å². The first-order chi connectivity index (χ1) is 19.3. The van der Waals surface area contributed by atoms with Gasteiger partial charge in [0.05, 0.1) is 0 Å². The molecule has 0 nitrogen and oxygen atoms in total. The maximum atomic E-state index is 2.56. The van der Waals surface area contributed by atoms with Crippen molar-refractivity contribution in [3.05, 3.63) is 177 Å². The Morgan fingerprint density at radius 1 is 0.610 bits per heavy atom. The maximum absolute atomic E-state index is 2.72. The minimum Gasteiger partial charge on any atom is -1.00 e. The van der Waals surface area contributed by atoms with E-state index in [1.807, 2.05) is 0 Å². The van der Waals surface area contributed by atoms with E-state index in [0.717, 1.165) is 6.42 Å². The summed E-state index contributed by atoms with van der Waals surface area (Å²) in [5.74, 6) is 0.414. The zero-order valence-electron chi connectivity index (χ0n) is 22.9. The van der Waals surface area contributed by atoms with Gasteiger partial charge in [-0.15, -0.1) is 0 Å². The van der Waals surface area contributed by atoms with E-state index in [1.165, 1.54) is 39.0 Å². The van der Waals surface area contributed by atoms with Gasteiger partial charge in [0.2, 0.25) is 0 Å². The van der Waals surface area contributed by atoms with Crippen LogP contribution in [0.3, 0.4) is 0 Å². The fraction of sp³-hybridized carbons (Fsp3) is 0.0789. The molecule has 0 saturated carbocycles. The van der Waals surface area contributed by atoms with Crippen molar-refractivity contribution in [3.63, 3.8) is 0 Å². The molecule has 0 bridgehead atoms. The van der Waals surface area contributed by atoms with E-state index in [4.69, 9.17) is 0 Å². The van der Waals surface area contributed by atoms with Crippen LogP contribution in [0.4, 0.5) is 0 Å². The predicted molar refractivity (Wildman–Crippen MR) is 162 cm³/mol. The number of allylic oxidation sites excluding steroid dienone is 4. The molecule has 0 amide bonds. The van der Waals surface area contributed by atoms with Crippen molar-refractivity contribution < 1.29 is 46.1 Å². The Kier molecular flexibility index (Phi) is 9.20. The molecule has 7 rings (SSSR count). The van der Waals surface area contributed by atoms with Gasteiger partial charge in [-0.05, 0) is 0 Å². The first-order valence-electron chi connectivity index (χ1n) is 13.8. The Balaban J connectivity index is 0.00000169. The van der Waals surface area contributed by atoms with E-state index >= 15 is 0 Å². The van der Waals surface area contributed by atoms with Gasteiger partial charge in [-0.3, -0.25) is 0 Å². The normalized spacial score (nSPS) is 14.3. The molecule has 0 fully saturated rings. The van der Waals surface area contributed by atoms with Crippen LogP contribution in [0.25, 0.3) is 16.7 Å². The molecule has 1 atom stereocenters. The summed E-state index contributed by atoms with van der Waals surface area (Å²) in [6.07, 6.45) is 6.09. The molecule has 3 heteroatoms. The largest absolute Gasteiger partial charge is 1.00 e. The Morgan fingerprint density at radius 3 is 1.83 bits per heavy atom. The zero-order chi connectivity index (χ0) is 26.2. The van der Waals surface area contributed by atoms with Crippen LogP contribution in [0.15, 0.2) is 149 Å². The zero-order valence-corrected chi connectivity index (χ0v) is 26.9. The number of rotatable bonds is 5. The second-order valence-electron chi connectivity index (χ2n) is 10.5. The molecular weight excluding hydrogens is 619 g/mol. The van der Waals surface area contributed by atoms with Crippen LogP contribution in [0.2, 0.25) is 0 Å². The van der Waals surface area contributed by atoms with Gasteiger partial charge >= 0.3 is 240 Å². The van der Waals surface area contributed by atoms with Crippen molar-refractivity contribution in [2.24, 2.45) is 5.92 Å². The van der Waals surface area contributed by atoms with Gasteiger partial charge < -0.3 is 24.8 Å². The summed E-state index contributed by atoms with van der Waals surface area (Å²) < 4.78 is 4.85. The van der Waals surface area contributed by atoms with Gasteiger partial charge in [0.25, 0.3) is 0 Å². The van der Waals surface area contributed by atoms with Crippen LogP contribution in [-0.2, 0) is 27.7 Å². The Labute approximate surface area is 263 Å². The summed E-state index contributed by atoms with van der Waals surface area (Å²) in [6.45, 7) is 2.41. The van der Waals surface area contributed by atoms with Crippen LogP contribution in [0, 0.1) is 5.92 Å². The fourth-order valence-corrected chi connectivity index (χ4v) is 14.7. The molecule has 0 aromatic heterocycles. The van der Waals surface area contributed by atoms with Crippen LogP contribution in [-0.4, -0.2) is 3.21 Å². The number of benzene rings is 5. The molecule has 5 aromatic carbocycles. The van der Waals surface area contributed by atoms with Crippen molar-refractivity contribution in [1.29, 1.82) is 0 Å². The van der Waals surface area contributed by atoms with Crippen molar-refractivity contribution in [3.8, 4) is 11.1 Å². The van der Waals surface area contributed by atoms with Gasteiger partial charge in [0.15, 0.2) is 0 Å². The fourth-order valence-electron chi connectivity index (χ4n) is 6.31. The maximum Gasteiger partial charge on any atom is -1.00 e. The number of halogens is 2. The third-order valence-corrected chi connectivity index (χ3v) is 16.1. The minimum atomic E-state index is -2.72. The third kappa shape index (κ3) is 5.57. The van der Waals surface area contributed by atoms with E-state index in [9.17, 15) is 0 Å². The topological polar surface area (TPSA) is 0 Å². The Morgan fingerprint density at radius 2 is 1.17 bits per heavy atom. The summed E-state index contributed by atoms with van der Waals surface area (Å²) in [6, 6.07) is 49.4. The molecule has 5 aromatic rings. The molecule has 1 unspecified atom stereocenters. The molecule has 2 aliphatic carbocycles. The molecular formula is C38H30Cl2Zr. The molecule has 2 aliphatic rings. The number of fused-ring (bicyclic) bond motifs is 3. The SMILES string of the molecule is CC1C=C(c2ccccc2)C=[C]1[Zr+2](=[C](c1ccccc1)c1ccccc1)[c]1cccc2c1Cc1ccccc1-2.[Cl-].[Cl-]. The molecule has 0 radical (unpaired) electrons. The van der Waals surface area contributed by atoms with Gasteiger partial charge in [-0.25, -0.2) is 0 Å². The average Bonchev–Trinajstić information content (AvgIpc) is 3.58. The van der Waals surface area contributed by atoms with Crippen LogP contribution in [0.1, 0.15) is 34.7 Å². The molecule has 0 heterocycles. The van der Waals surface area contributed by atoms with E-state index < -0.39 is 21.3 Å². The van der Waals surface area contributed by atoms with Crippen LogP contribution >= 0.6 is 0 Å². The summed E-state index contributed by atoms with van der Waals surface area (Å²) in [7, 11) is 0. The van der Waals surface area contributed by atoms with Crippen molar-refractivity contribution in [1.82, 2.24) is 0 Å². The quantitative estimate of drug-likeness (QED) is 0.270. The minimum absolute atomic E-state index is 0. The van der Waals surface area contributed by atoms with Gasteiger partial charge in [0.1, 0.15) is 0 Å². The van der Waals surface area contributed by atoms with Crippen molar-refractivity contribution in [2.45, 2.75) is 13.3 Å².